The summed E-state index contributed by atoms with van der Waals surface area (Å²) in [6, 6.07) is 11.2. The molecular weight excluding hydrogens is 308 g/mol. The first-order chi connectivity index (χ1) is 11.4. The molecule has 2 aromatic carbocycles. The minimum Gasteiger partial charge on any atom is -0.493 e. The molecule has 1 N–H and O–H groups in total. The Labute approximate surface area is 140 Å². The van der Waals surface area contributed by atoms with Crippen LogP contribution >= 0.6 is 0 Å². The van der Waals surface area contributed by atoms with Gasteiger partial charge in [-0.15, -0.1) is 0 Å². The number of non-ortho nitro benzene ring substituents is 1. The van der Waals surface area contributed by atoms with Crippen molar-refractivity contribution < 1.29 is 14.5 Å². The lowest BCUT2D eigenvalue weighted by Gasteiger charge is -2.10. The predicted octanol–water partition coefficient (Wildman–Crippen LogP) is 4.19. The second kappa shape index (κ2) is 7.59. The van der Waals surface area contributed by atoms with Crippen LogP contribution in [0, 0.1) is 23.0 Å². The zero-order chi connectivity index (χ0) is 17.7. The highest BCUT2D eigenvalue weighted by molar-refractivity contribution is 6.04. The van der Waals surface area contributed by atoms with E-state index in [0.717, 1.165) is 5.56 Å². The number of rotatable bonds is 6. The number of benzene rings is 2. The maximum atomic E-state index is 12.3. The summed E-state index contributed by atoms with van der Waals surface area (Å²) in [6.45, 7) is 6.51. The molecular formula is C18H20N2O4. The maximum Gasteiger partial charge on any atom is 0.271 e. The van der Waals surface area contributed by atoms with Crippen LogP contribution in [0.5, 0.6) is 5.75 Å². The van der Waals surface area contributed by atoms with Crippen LogP contribution in [0.15, 0.2) is 42.5 Å². The van der Waals surface area contributed by atoms with Gasteiger partial charge in [0.15, 0.2) is 0 Å². The molecule has 0 aliphatic rings. The van der Waals surface area contributed by atoms with Crippen LogP contribution in [0.3, 0.4) is 0 Å². The first-order valence-corrected chi connectivity index (χ1v) is 7.66. The van der Waals surface area contributed by atoms with Gasteiger partial charge in [-0.2, -0.15) is 0 Å². The van der Waals surface area contributed by atoms with Crippen molar-refractivity contribution in [2.45, 2.75) is 20.8 Å². The van der Waals surface area contributed by atoms with Gasteiger partial charge in [-0.3, -0.25) is 14.9 Å². The molecule has 0 spiro atoms. The smallest absolute Gasteiger partial charge is 0.271 e. The molecule has 0 saturated carbocycles. The van der Waals surface area contributed by atoms with Crippen LogP contribution in [0.1, 0.15) is 29.8 Å². The Morgan fingerprint density at radius 3 is 2.46 bits per heavy atom. The van der Waals surface area contributed by atoms with Crippen molar-refractivity contribution in [2.75, 3.05) is 11.9 Å². The van der Waals surface area contributed by atoms with Crippen LogP contribution < -0.4 is 10.1 Å². The monoisotopic (exact) mass is 328 g/mol. The molecule has 0 radical (unpaired) electrons. The van der Waals surface area contributed by atoms with Crippen LogP contribution in [0.4, 0.5) is 11.4 Å². The van der Waals surface area contributed by atoms with Crippen molar-refractivity contribution in [3.05, 3.63) is 63.7 Å². The maximum absolute atomic E-state index is 12.3. The molecule has 0 bridgehead atoms. The minimum absolute atomic E-state index is 0.0617. The zero-order valence-corrected chi connectivity index (χ0v) is 13.9. The summed E-state index contributed by atoms with van der Waals surface area (Å²) in [4.78, 5) is 22.7. The van der Waals surface area contributed by atoms with Crippen molar-refractivity contribution in [1.29, 1.82) is 0 Å². The number of ether oxygens (including phenoxy) is 1. The van der Waals surface area contributed by atoms with Gasteiger partial charge in [0.25, 0.3) is 11.6 Å². The number of amides is 1. The molecule has 6 heteroatoms. The van der Waals surface area contributed by atoms with Gasteiger partial charge in [-0.1, -0.05) is 19.9 Å². The van der Waals surface area contributed by atoms with E-state index >= 15 is 0 Å². The summed E-state index contributed by atoms with van der Waals surface area (Å²) in [7, 11) is 0. The molecule has 2 rings (SSSR count). The highest BCUT2D eigenvalue weighted by Crippen LogP contribution is 2.23. The number of hydrogen-bond acceptors (Lipinski definition) is 4. The zero-order valence-electron chi connectivity index (χ0n) is 13.9. The Morgan fingerprint density at radius 2 is 1.88 bits per heavy atom. The van der Waals surface area contributed by atoms with Crippen molar-refractivity contribution >= 4 is 17.3 Å². The predicted molar refractivity (Wildman–Crippen MR) is 92.6 cm³/mol. The van der Waals surface area contributed by atoms with E-state index < -0.39 is 4.92 Å². The SMILES string of the molecule is Cc1ccc([N+](=O)[O-])cc1NC(=O)c1ccc(OCC(C)C)cc1. The number of hydrogen-bond donors (Lipinski definition) is 1. The molecule has 0 aliphatic heterocycles. The Bertz CT molecular complexity index is 739. The van der Waals surface area contributed by atoms with E-state index in [9.17, 15) is 14.9 Å². The largest absolute Gasteiger partial charge is 0.493 e. The number of anilines is 1. The second-order valence-corrected chi connectivity index (χ2v) is 5.94. The quantitative estimate of drug-likeness (QED) is 0.637. The Balaban J connectivity index is 2.09. The van der Waals surface area contributed by atoms with Crippen LogP contribution in [0.25, 0.3) is 0 Å². The van der Waals surface area contributed by atoms with Crippen molar-refractivity contribution in [3.8, 4) is 5.75 Å². The first-order valence-electron chi connectivity index (χ1n) is 7.66. The van der Waals surface area contributed by atoms with E-state index in [1.54, 1.807) is 37.3 Å². The molecule has 24 heavy (non-hydrogen) atoms. The molecule has 0 heterocycles. The topological polar surface area (TPSA) is 81.5 Å². The van der Waals surface area contributed by atoms with Gasteiger partial charge in [-0.25, -0.2) is 0 Å². The molecule has 0 unspecified atom stereocenters. The van der Waals surface area contributed by atoms with Crippen LogP contribution in [0.2, 0.25) is 0 Å². The third-order valence-corrected chi connectivity index (χ3v) is 3.38. The molecule has 126 valence electrons. The number of nitro benzene ring substituents is 1. The standard InChI is InChI=1S/C18H20N2O4/c1-12(2)11-24-16-8-5-14(6-9-16)18(21)19-17-10-15(20(22)23)7-4-13(17)3/h4-10,12H,11H2,1-3H3,(H,19,21). The van der Waals surface area contributed by atoms with Gasteiger partial charge in [0.05, 0.1) is 17.2 Å². The Kier molecular flexibility index (Phi) is 5.52. The summed E-state index contributed by atoms with van der Waals surface area (Å²) in [5.74, 6) is 0.797. The summed E-state index contributed by atoms with van der Waals surface area (Å²) in [5, 5.41) is 13.6. The average molecular weight is 328 g/mol. The number of carbonyl (C=O) groups is 1. The van der Waals surface area contributed by atoms with E-state index in [4.69, 9.17) is 4.74 Å². The van der Waals surface area contributed by atoms with Crippen molar-refractivity contribution in [1.82, 2.24) is 0 Å². The first kappa shape index (κ1) is 17.5. The van der Waals surface area contributed by atoms with Gasteiger partial charge < -0.3 is 10.1 Å². The lowest BCUT2D eigenvalue weighted by atomic mass is 10.1. The third-order valence-electron chi connectivity index (χ3n) is 3.38. The lowest BCUT2D eigenvalue weighted by molar-refractivity contribution is -0.384. The molecule has 0 atom stereocenters. The number of carbonyl (C=O) groups excluding carboxylic acids is 1. The summed E-state index contributed by atoms with van der Waals surface area (Å²) >= 11 is 0. The van der Waals surface area contributed by atoms with E-state index in [0.29, 0.717) is 29.5 Å². The van der Waals surface area contributed by atoms with E-state index in [-0.39, 0.29) is 11.6 Å². The number of nitrogens with one attached hydrogen (secondary N) is 1. The number of aryl methyl sites for hydroxylation is 1. The van der Waals surface area contributed by atoms with Crippen LogP contribution in [-0.2, 0) is 0 Å². The highest BCUT2D eigenvalue weighted by atomic mass is 16.6. The number of nitro groups is 1. The van der Waals surface area contributed by atoms with Gasteiger partial charge in [-0.05, 0) is 42.7 Å². The molecule has 1 amide bonds. The molecule has 0 aromatic heterocycles. The average Bonchev–Trinajstić information content (AvgIpc) is 2.55. The third kappa shape index (κ3) is 4.55. The second-order valence-electron chi connectivity index (χ2n) is 5.94. The molecule has 0 aliphatic carbocycles. The van der Waals surface area contributed by atoms with Gasteiger partial charge in [0, 0.05) is 17.7 Å². The summed E-state index contributed by atoms with van der Waals surface area (Å²) in [6.07, 6.45) is 0. The lowest BCUT2D eigenvalue weighted by Crippen LogP contribution is -2.13. The van der Waals surface area contributed by atoms with E-state index in [1.165, 1.54) is 12.1 Å². The van der Waals surface area contributed by atoms with Crippen molar-refractivity contribution in [2.24, 2.45) is 5.92 Å². The highest BCUT2D eigenvalue weighted by Gasteiger charge is 2.12. The van der Waals surface area contributed by atoms with Gasteiger partial charge in [0.1, 0.15) is 5.75 Å². The fourth-order valence-electron chi connectivity index (χ4n) is 2.02. The summed E-state index contributed by atoms with van der Waals surface area (Å²) in [5.41, 5.74) is 1.58. The number of nitrogens with zero attached hydrogens (tertiary/aromatic N) is 1. The molecule has 6 nitrogen and oxygen atoms in total. The van der Waals surface area contributed by atoms with E-state index in [1.807, 2.05) is 0 Å². The van der Waals surface area contributed by atoms with Gasteiger partial charge in [0.2, 0.25) is 0 Å². The van der Waals surface area contributed by atoms with Crippen molar-refractivity contribution in [3.63, 3.8) is 0 Å². The fourth-order valence-corrected chi connectivity index (χ4v) is 2.02. The Hall–Kier alpha value is -2.89. The van der Waals surface area contributed by atoms with Crippen LogP contribution in [-0.4, -0.2) is 17.4 Å². The molecule has 0 fully saturated rings. The van der Waals surface area contributed by atoms with E-state index in [2.05, 4.69) is 19.2 Å². The minimum atomic E-state index is -0.490. The normalized spacial score (nSPS) is 10.5. The molecule has 2 aromatic rings. The fraction of sp³-hybridized carbons (Fsp3) is 0.278. The Morgan fingerprint density at radius 1 is 1.21 bits per heavy atom. The molecule has 0 saturated heterocycles. The summed E-state index contributed by atoms with van der Waals surface area (Å²) < 4.78 is 5.57. The van der Waals surface area contributed by atoms with Gasteiger partial charge >= 0.3 is 0 Å².